The van der Waals surface area contributed by atoms with Crippen LogP contribution in [-0.2, 0) is 23.8 Å². The number of hydrogen-bond acceptors (Lipinski definition) is 10. The SMILES string of the molecule is CC/C=C\C/C=C\C/C=C\C/C=C\C/C=C\CCCCCCCCC(O)C(=O)NC(COC1OC(CO)C(O)C(O)C1OC(=O)CCCCCCCCCCCCC)C(O)/C=C/CCCCCCCCCCCCC. The Balaban J connectivity index is 2.68. The van der Waals surface area contributed by atoms with Gasteiger partial charge in [0.25, 0.3) is 0 Å². The van der Waals surface area contributed by atoms with Crippen molar-refractivity contribution >= 4 is 11.9 Å². The maximum absolute atomic E-state index is 13.4. The fourth-order valence-electron chi connectivity index (χ4n) is 9.27. The van der Waals surface area contributed by atoms with Gasteiger partial charge in [-0.2, -0.15) is 0 Å². The standard InChI is InChI=1S/C64H113NO10/c1-4-7-10-13-16-19-22-24-25-26-27-28-29-30-31-32-34-37-39-42-45-48-51-57(68)63(72)65-55(56(67)50-47-44-41-38-36-33-23-20-17-14-11-8-5-2)54-73-64-62(61(71)60(70)58(53-66)74-64)75-59(69)52-49-46-43-40-35-21-18-15-12-9-6-3/h7,10,16,19,24-25,27-28,30-31,47,50,55-58,60-62,64,66-68,70-71H,4-6,8-9,11-15,17-18,20-23,26,29,32-46,48-49,51-54H2,1-3H3,(H,65,72)/b10-7-,19-16-,25-24-,28-27-,31-30-,50-47+. The van der Waals surface area contributed by atoms with Crippen molar-refractivity contribution in [1.29, 1.82) is 0 Å². The smallest absolute Gasteiger partial charge is 0.306 e. The number of ether oxygens (including phenoxy) is 3. The zero-order valence-corrected chi connectivity index (χ0v) is 47.9. The van der Waals surface area contributed by atoms with Crippen LogP contribution in [0.3, 0.4) is 0 Å². The zero-order valence-electron chi connectivity index (χ0n) is 47.9. The van der Waals surface area contributed by atoms with Crippen molar-refractivity contribution < 1.29 is 49.3 Å². The minimum atomic E-state index is -1.61. The number of amides is 1. The molecule has 0 saturated carbocycles. The maximum atomic E-state index is 13.4. The van der Waals surface area contributed by atoms with Gasteiger partial charge in [0.2, 0.25) is 5.91 Å². The molecule has 75 heavy (non-hydrogen) atoms. The molecule has 1 rings (SSSR count). The molecule has 11 nitrogen and oxygen atoms in total. The van der Waals surface area contributed by atoms with Crippen LogP contribution in [0.1, 0.15) is 258 Å². The number of allylic oxidation sites excluding steroid dienone is 11. The highest BCUT2D eigenvalue weighted by Gasteiger charge is 2.47. The number of esters is 1. The third-order valence-electron chi connectivity index (χ3n) is 14.1. The summed E-state index contributed by atoms with van der Waals surface area (Å²) in [6, 6.07) is -1.03. The highest BCUT2D eigenvalue weighted by atomic mass is 16.7. The molecule has 0 bridgehead atoms. The first-order valence-electron chi connectivity index (χ1n) is 30.7. The van der Waals surface area contributed by atoms with Crippen molar-refractivity contribution in [2.45, 2.75) is 307 Å². The van der Waals surface area contributed by atoms with Crippen LogP contribution in [0.2, 0.25) is 0 Å². The number of unbranched alkanes of at least 4 members (excludes halogenated alkanes) is 27. The second kappa shape index (κ2) is 51.8. The van der Waals surface area contributed by atoms with E-state index in [4.69, 9.17) is 14.2 Å². The first-order valence-corrected chi connectivity index (χ1v) is 30.7. The Labute approximate surface area is 458 Å². The number of hydrogen-bond donors (Lipinski definition) is 6. The Kier molecular flexibility index (Phi) is 48.5. The van der Waals surface area contributed by atoms with Gasteiger partial charge in [-0.15, -0.1) is 0 Å². The van der Waals surface area contributed by atoms with Gasteiger partial charge in [-0.05, 0) is 70.6 Å². The van der Waals surface area contributed by atoms with E-state index in [0.29, 0.717) is 12.8 Å². The summed E-state index contributed by atoms with van der Waals surface area (Å²) in [4.78, 5) is 26.5. The molecular formula is C64H113NO10. The minimum absolute atomic E-state index is 0.123. The molecule has 1 saturated heterocycles. The minimum Gasteiger partial charge on any atom is -0.454 e. The van der Waals surface area contributed by atoms with Crippen molar-refractivity contribution in [2.75, 3.05) is 13.2 Å². The van der Waals surface area contributed by atoms with E-state index in [1.807, 2.05) is 6.08 Å². The lowest BCUT2D eigenvalue weighted by Crippen LogP contribution is -2.61. The lowest BCUT2D eigenvalue weighted by atomic mass is 9.99. The van der Waals surface area contributed by atoms with Crippen molar-refractivity contribution in [3.05, 3.63) is 72.9 Å². The lowest BCUT2D eigenvalue weighted by molar-refractivity contribution is -0.305. The Morgan fingerprint density at radius 2 is 0.960 bits per heavy atom. The third kappa shape index (κ3) is 40.0. The summed E-state index contributed by atoms with van der Waals surface area (Å²) in [6.07, 6.45) is 55.1. The maximum Gasteiger partial charge on any atom is 0.306 e. The van der Waals surface area contributed by atoms with E-state index in [1.54, 1.807) is 6.08 Å². The Morgan fingerprint density at radius 1 is 0.533 bits per heavy atom. The molecule has 1 amide bonds. The van der Waals surface area contributed by atoms with E-state index >= 15 is 0 Å². The molecule has 1 aliphatic heterocycles. The summed E-state index contributed by atoms with van der Waals surface area (Å²) < 4.78 is 17.6. The van der Waals surface area contributed by atoms with Crippen molar-refractivity contribution in [2.24, 2.45) is 0 Å². The predicted molar refractivity (Wildman–Crippen MR) is 310 cm³/mol. The number of aliphatic hydroxyl groups excluding tert-OH is 5. The van der Waals surface area contributed by atoms with E-state index in [9.17, 15) is 35.1 Å². The van der Waals surface area contributed by atoms with E-state index in [1.165, 1.54) is 103 Å². The topological polar surface area (TPSA) is 175 Å². The number of carbonyl (C=O) groups excluding carboxylic acids is 2. The molecule has 0 aliphatic carbocycles. The normalized spacial score (nSPS) is 19.7. The molecule has 0 aromatic heterocycles. The van der Waals surface area contributed by atoms with Gasteiger partial charge in [-0.1, -0.05) is 254 Å². The number of aliphatic hydroxyl groups is 5. The van der Waals surface area contributed by atoms with Crippen molar-refractivity contribution in [1.82, 2.24) is 5.32 Å². The van der Waals surface area contributed by atoms with Crippen LogP contribution in [0.25, 0.3) is 0 Å². The van der Waals surface area contributed by atoms with E-state index < -0.39 is 67.4 Å². The first kappa shape index (κ1) is 70.1. The predicted octanol–water partition coefficient (Wildman–Crippen LogP) is 14.4. The number of carbonyl (C=O) groups is 2. The highest BCUT2D eigenvalue weighted by molar-refractivity contribution is 5.80. The number of nitrogens with one attached hydrogen (secondary N) is 1. The van der Waals surface area contributed by atoms with Gasteiger partial charge in [-0.3, -0.25) is 9.59 Å². The van der Waals surface area contributed by atoms with Crippen LogP contribution in [0, 0.1) is 0 Å². The average molecular weight is 1060 g/mol. The molecule has 1 fully saturated rings. The van der Waals surface area contributed by atoms with Gasteiger partial charge in [0, 0.05) is 6.42 Å². The highest BCUT2D eigenvalue weighted by Crippen LogP contribution is 2.26. The molecule has 11 heteroatoms. The Hall–Kier alpha value is -2.90. The lowest BCUT2D eigenvalue weighted by Gasteiger charge is -2.41. The van der Waals surface area contributed by atoms with Crippen LogP contribution < -0.4 is 5.32 Å². The molecule has 0 aromatic carbocycles. The molecular weight excluding hydrogens is 943 g/mol. The summed E-state index contributed by atoms with van der Waals surface area (Å²) in [5, 5.41) is 56.9. The van der Waals surface area contributed by atoms with Crippen LogP contribution in [0.5, 0.6) is 0 Å². The van der Waals surface area contributed by atoms with E-state index in [-0.39, 0.29) is 19.4 Å². The molecule has 0 spiro atoms. The van der Waals surface area contributed by atoms with Gasteiger partial charge in [-0.25, -0.2) is 0 Å². The summed E-state index contributed by atoms with van der Waals surface area (Å²) in [7, 11) is 0. The zero-order chi connectivity index (χ0) is 54.7. The van der Waals surface area contributed by atoms with Gasteiger partial charge in [0.05, 0.1) is 25.4 Å². The second-order valence-electron chi connectivity index (χ2n) is 21.1. The number of rotatable bonds is 51. The monoisotopic (exact) mass is 1060 g/mol. The summed E-state index contributed by atoms with van der Waals surface area (Å²) >= 11 is 0. The second-order valence-corrected chi connectivity index (χ2v) is 21.1. The Morgan fingerprint density at radius 3 is 1.44 bits per heavy atom. The quantitative estimate of drug-likeness (QED) is 0.0195. The van der Waals surface area contributed by atoms with Gasteiger partial charge in [0.15, 0.2) is 12.4 Å². The summed E-state index contributed by atoms with van der Waals surface area (Å²) in [5.41, 5.74) is 0. The van der Waals surface area contributed by atoms with Crippen LogP contribution in [0.15, 0.2) is 72.9 Å². The van der Waals surface area contributed by atoms with Crippen LogP contribution >= 0.6 is 0 Å². The molecule has 1 heterocycles. The third-order valence-corrected chi connectivity index (χ3v) is 14.1. The van der Waals surface area contributed by atoms with Crippen LogP contribution in [-0.4, -0.2) is 99.6 Å². The Bertz CT molecular complexity index is 1490. The fourth-order valence-corrected chi connectivity index (χ4v) is 9.27. The van der Waals surface area contributed by atoms with Gasteiger partial charge >= 0.3 is 5.97 Å². The van der Waals surface area contributed by atoms with E-state index in [2.05, 4.69) is 86.8 Å². The van der Waals surface area contributed by atoms with E-state index in [0.717, 1.165) is 109 Å². The van der Waals surface area contributed by atoms with Gasteiger partial charge in [0.1, 0.15) is 24.4 Å². The van der Waals surface area contributed by atoms with Crippen molar-refractivity contribution in [3.63, 3.8) is 0 Å². The first-order chi connectivity index (χ1) is 36.7. The fraction of sp³-hybridized carbons (Fsp3) is 0.781. The molecule has 6 N–H and O–H groups in total. The largest absolute Gasteiger partial charge is 0.454 e. The molecule has 0 aromatic rings. The van der Waals surface area contributed by atoms with Crippen molar-refractivity contribution in [3.8, 4) is 0 Å². The summed E-state index contributed by atoms with van der Waals surface area (Å²) in [6.45, 7) is 5.66. The van der Waals surface area contributed by atoms with Crippen LogP contribution in [0.4, 0.5) is 0 Å². The van der Waals surface area contributed by atoms with Gasteiger partial charge < -0.3 is 45.1 Å². The average Bonchev–Trinajstić information content (AvgIpc) is 3.41. The molecule has 8 atom stereocenters. The molecule has 1 aliphatic rings. The molecule has 0 radical (unpaired) electrons. The summed E-state index contributed by atoms with van der Waals surface area (Å²) in [5.74, 6) is -1.21. The molecule has 8 unspecified atom stereocenters. The molecule has 434 valence electrons.